The topological polar surface area (TPSA) is 175 Å². The molecule has 2 aliphatic carbocycles. The number of H-pyrrole nitrogens is 2. The van der Waals surface area contributed by atoms with Gasteiger partial charge in [-0.15, -0.1) is 0 Å². The molecule has 2 aromatic heterocycles. The van der Waals surface area contributed by atoms with Gasteiger partial charge >= 0.3 is 12.2 Å². The molecule has 14 heteroatoms. The molecule has 5 aromatic rings. The predicted octanol–water partition coefficient (Wildman–Crippen LogP) is 8.15. The number of nitrogens with one attached hydrogen (secondary N) is 4. The SMILES string of the molecule is COC(=O)N[C@H](C(=O)N1CC2(CC2)C[C@H]1c1ncc(-c2ccc3cc(-c4ccc(-c5cnc([C@@H]6C7CCC(C7)N6C(=O)[C@@H](NC(=O)OC)C(C)C)[nH]5)cc4)ccc3c2)[nH]1)C(C)C. The van der Waals surface area contributed by atoms with E-state index in [1.165, 1.54) is 14.2 Å². The molecule has 4 heterocycles. The molecule has 2 unspecified atom stereocenters. The molecule has 2 bridgehead atoms. The van der Waals surface area contributed by atoms with Gasteiger partial charge in [-0.3, -0.25) is 9.59 Å². The van der Waals surface area contributed by atoms with Crippen LogP contribution < -0.4 is 10.6 Å². The van der Waals surface area contributed by atoms with Gasteiger partial charge in [0, 0.05) is 18.2 Å². The Balaban J connectivity index is 0.893. The Kier molecular flexibility index (Phi) is 10.8. The van der Waals surface area contributed by atoms with E-state index in [1.54, 1.807) is 0 Å². The number of nitrogens with zero attached hydrogens (tertiary/aromatic N) is 4. The van der Waals surface area contributed by atoms with Gasteiger partial charge in [-0.2, -0.15) is 0 Å². The number of aromatic nitrogens is 4. The second-order valence-corrected chi connectivity index (χ2v) is 18.5. The van der Waals surface area contributed by atoms with E-state index in [-0.39, 0.29) is 47.2 Å². The normalized spacial score (nSPS) is 22.1. The van der Waals surface area contributed by atoms with Crippen molar-refractivity contribution >= 4 is 34.8 Å². The molecule has 1 spiro atoms. The van der Waals surface area contributed by atoms with E-state index < -0.39 is 24.3 Å². The van der Waals surface area contributed by atoms with Gasteiger partial charge in [0.1, 0.15) is 23.7 Å². The molecular weight excluding hydrogens is 785 g/mol. The third-order valence-electron chi connectivity index (χ3n) is 13.8. The summed E-state index contributed by atoms with van der Waals surface area (Å²) in [5.41, 5.74) is 6.09. The third kappa shape index (κ3) is 7.68. The van der Waals surface area contributed by atoms with E-state index in [2.05, 4.69) is 81.3 Å². The quantitative estimate of drug-likeness (QED) is 0.103. The highest BCUT2D eigenvalue weighted by atomic mass is 16.5. The molecule has 2 saturated carbocycles. The smallest absolute Gasteiger partial charge is 0.407 e. The van der Waals surface area contributed by atoms with Gasteiger partial charge in [-0.05, 0) is 101 Å². The summed E-state index contributed by atoms with van der Waals surface area (Å²) in [5, 5.41) is 7.73. The number of fused-ring (bicyclic) bond motifs is 3. The van der Waals surface area contributed by atoms with Gasteiger partial charge in [0.05, 0.1) is 50.1 Å². The molecule has 9 rings (SSSR count). The molecule has 324 valence electrons. The second-order valence-electron chi connectivity index (χ2n) is 18.5. The van der Waals surface area contributed by atoms with Crippen molar-refractivity contribution in [2.45, 2.75) is 96.4 Å². The number of alkyl carbamates (subject to hydrolysis) is 2. The number of ether oxygens (including phenoxy) is 2. The fourth-order valence-electron chi connectivity index (χ4n) is 10.2. The van der Waals surface area contributed by atoms with Crippen LogP contribution in [0.15, 0.2) is 73.1 Å². The van der Waals surface area contributed by atoms with Gasteiger partial charge in [0.25, 0.3) is 0 Å². The van der Waals surface area contributed by atoms with Crippen LogP contribution in [0, 0.1) is 23.2 Å². The number of aromatic amines is 2. The second kappa shape index (κ2) is 16.3. The highest BCUT2D eigenvalue weighted by Gasteiger charge is 2.55. The molecule has 2 aliphatic heterocycles. The van der Waals surface area contributed by atoms with Gasteiger partial charge in [-0.1, -0.05) is 76.2 Å². The molecule has 3 aromatic carbocycles. The number of hydrogen-bond acceptors (Lipinski definition) is 8. The van der Waals surface area contributed by atoms with Crippen molar-refractivity contribution in [3.8, 4) is 33.6 Å². The van der Waals surface area contributed by atoms with Crippen LogP contribution >= 0.6 is 0 Å². The molecule has 14 nitrogen and oxygen atoms in total. The standard InChI is InChI=1S/C48H56N8O6/c1-26(2)39(53-46(59)61-5)44(57)55-25-48(17-18-48)22-38(55)42-49-24-37(51-42)33-14-13-31-19-30(11-12-32(31)20-33)28-7-9-29(10-8-28)36-23-50-43(52-36)41-34-15-16-35(21-34)56(41)45(58)40(27(3)4)54-47(60)62-6/h7-14,19-20,23-24,26-27,34-35,38-41H,15-18,21-22,25H2,1-6H3,(H,49,51)(H,50,52)(H,53,59)(H,54,60)/t34?,35?,38-,39-,40-,41-/m0/s1. The Morgan fingerprint density at radius 2 is 1.26 bits per heavy atom. The number of imidazole rings is 2. The maximum absolute atomic E-state index is 14.0. The minimum atomic E-state index is -0.687. The van der Waals surface area contributed by atoms with Crippen LogP contribution in [0.1, 0.15) is 90.0 Å². The lowest BCUT2D eigenvalue weighted by Gasteiger charge is -2.37. The monoisotopic (exact) mass is 840 g/mol. The van der Waals surface area contributed by atoms with Crippen LogP contribution in [-0.2, 0) is 19.1 Å². The predicted molar refractivity (Wildman–Crippen MR) is 234 cm³/mol. The van der Waals surface area contributed by atoms with E-state index in [0.717, 1.165) is 94.6 Å². The molecule has 4 amide bonds. The first kappa shape index (κ1) is 41.2. The summed E-state index contributed by atoms with van der Waals surface area (Å²) in [6, 6.07) is 19.7. The van der Waals surface area contributed by atoms with Crippen molar-refractivity contribution in [2.75, 3.05) is 20.8 Å². The van der Waals surface area contributed by atoms with Crippen molar-refractivity contribution < 1.29 is 28.7 Å². The first-order valence-corrected chi connectivity index (χ1v) is 21.9. The lowest BCUT2D eigenvalue weighted by Crippen LogP contribution is -2.54. The number of benzene rings is 3. The van der Waals surface area contributed by atoms with Crippen molar-refractivity contribution in [3.63, 3.8) is 0 Å². The zero-order valence-corrected chi connectivity index (χ0v) is 36.2. The van der Waals surface area contributed by atoms with Gasteiger partial charge in [0.15, 0.2) is 0 Å². The number of carbonyl (C=O) groups is 4. The third-order valence-corrected chi connectivity index (χ3v) is 13.8. The molecule has 4 fully saturated rings. The zero-order chi connectivity index (χ0) is 43.4. The van der Waals surface area contributed by atoms with E-state index >= 15 is 0 Å². The van der Waals surface area contributed by atoms with E-state index in [4.69, 9.17) is 19.4 Å². The highest BCUT2D eigenvalue weighted by molar-refractivity contribution is 5.91. The van der Waals surface area contributed by atoms with Crippen molar-refractivity contribution in [1.82, 2.24) is 40.4 Å². The average molecular weight is 841 g/mol. The Labute approximate surface area is 361 Å². The van der Waals surface area contributed by atoms with E-state index in [9.17, 15) is 19.2 Å². The molecule has 6 atom stereocenters. The number of methoxy groups -OCH3 is 2. The average Bonchev–Trinajstić information content (AvgIpc) is 3.91. The van der Waals surface area contributed by atoms with Crippen molar-refractivity contribution in [2.24, 2.45) is 23.2 Å². The van der Waals surface area contributed by atoms with Crippen LogP contribution in [0.3, 0.4) is 0 Å². The summed E-state index contributed by atoms with van der Waals surface area (Å²) in [4.78, 5) is 72.7. The summed E-state index contributed by atoms with van der Waals surface area (Å²) < 4.78 is 9.65. The number of piperidine rings is 1. The summed E-state index contributed by atoms with van der Waals surface area (Å²) in [6.07, 6.45) is 8.43. The first-order chi connectivity index (χ1) is 29.8. The number of amides is 4. The molecular formula is C48H56N8O6. The lowest BCUT2D eigenvalue weighted by molar-refractivity contribution is -0.139. The minimum absolute atomic E-state index is 0.0907. The van der Waals surface area contributed by atoms with Crippen LogP contribution in [0.25, 0.3) is 44.4 Å². The largest absolute Gasteiger partial charge is 0.453 e. The number of likely N-dealkylation sites (tertiary alicyclic amines) is 2. The zero-order valence-electron chi connectivity index (χ0n) is 36.2. The molecule has 62 heavy (non-hydrogen) atoms. The molecule has 4 aliphatic rings. The number of rotatable bonds is 11. The summed E-state index contributed by atoms with van der Waals surface area (Å²) in [6.45, 7) is 8.37. The van der Waals surface area contributed by atoms with Crippen LogP contribution in [0.5, 0.6) is 0 Å². The Bertz CT molecular complexity index is 2510. The molecule has 4 N–H and O–H groups in total. The van der Waals surface area contributed by atoms with E-state index in [0.29, 0.717) is 12.5 Å². The van der Waals surface area contributed by atoms with E-state index in [1.807, 2.05) is 49.9 Å². The summed E-state index contributed by atoms with van der Waals surface area (Å²) in [7, 11) is 2.62. The number of carbonyl (C=O) groups excluding carboxylic acids is 4. The maximum Gasteiger partial charge on any atom is 0.407 e. The first-order valence-electron chi connectivity index (χ1n) is 21.9. The Morgan fingerprint density at radius 3 is 1.89 bits per heavy atom. The van der Waals surface area contributed by atoms with Crippen LogP contribution in [0.4, 0.5) is 9.59 Å². The molecule has 0 radical (unpaired) electrons. The van der Waals surface area contributed by atoms with Gasteiger partial charge < -0.3 is 39.9 Å². The van der Waals surface area contributed by atoms with Gasteiger partial charge in [-0.25, -0.2) is 19.6 Å². The van der Waals surface area contributed by atoms with Gasteiger partial charge in [0.2, 0.25) is 11.8 Å². The number of hydrogen-bond donors (Lipinski definition) is 4. The Morgan fingerprint density at radius 1 is 0.710 bits per heavy atom. The fraction of sp³-hybridized carbons (Fsp3) is 0.458. The minimum Gasteiger partial charge on any atom is -0.453 e. The van der Waals surface area contributed by atoms with Crippen molar-refractivity contribution in [3.05, 3.63) is 84.7 Å². The fourth-order valence-corrected chi connectivity index (χ4v) is 10.2. The summed E-state index contributed by atoms with van der Waals surface area (Å²) in [5.74, 6) is 1.45. The summed E-state index contributed by atoms with van der Waals surface area (Å²) >= 11 is 0. The van der Waals surface area contributed by atoms with Crippen LogP contribution in [-0.4, -0.2) is 92.6 Å². The molecule has 2 saturated heterocycles. The van der Waals surface area contributed by atoms with Crippen molar-refractivity contribution in [1.29, 1.82) is 0 Å². The lowest BCUT2D eigenvalue weighted by atomic mass is 9.95. The maximum atomic E-state index is 14.0. The Hall–Kier alpha value is -6.18. The van der Waals surface area contributed by atoms with Crippen LogP contribution in [0.2, 0.25) is 0 Å². The highest BCUT2D eigenvalue weighted by Crippen LogP contribution is 2.58.